The fourth-order valence-electron chi connectivity index (χ4n) is 2.95. The molecule has 2 rings (SSSR count). The minimum atomic E-state index is -3.85. The highest BCUT2D eigenvalue weighted by Gasteiger charge is 2.44. The maximum Gasteiger partial charge on any atom is 0.243 e. The third kappa shape index (κ3) is 4.42. The zero-order chi connectivity index (χ0) is 19.5. The van der Waals surface area contributed by atoms with Crippen LogP contribution < -0.4 is 0 Å². The molecular weight excluding hydrogens is 354 g/mol. The number of ether oxygens (including phenoxy) is 2. The molecule has 0 amide bonds. The zero-order valence-corrected chi connectivity index (χ0v) is 16.3. The van der Waals surface area contributed by atoms with E-state index < -0.39 is 28.0 Å². The van der Waals surface area contributed by atoms with Crippen molar-refractivity contribution < 1.29 is 23.0 Å². The van der Waals surface area contributed by atoms with Gasteiger partial charge in [-0.15, -0.1) is 6.58 Å². The van der Waals surface area contributed by atoms with Gasteiger partial charge in [-0.3, -0.25) is 0 Å². The molecule has 1 saturated heterocycles. The fourth-order valence-corrected chi connectivity index (χ4v) is 4.59. The van der Waals surface area contributed by atoms with Crippen LogP contribution in [-0.4, -0.2) is 55.5 Å². The number of aliphatic hydroxyl groups excluding tert-OH is 1. The van der Waals surface area contributed by atoms with Crippen LogP contribution in [0, 0.1) is 6.92 Å². The van der Waals surface area contributed by atoms with Crippen molar-refractivity contribution in [3.63, 3.8) is 0 Å². The van der Waals surface area contributed by atoms with Gasteiger partial charge in [0.1, 0.15) is 6.10 Å². The quantitative estimate of drug-likeness (QED) is 0.699. The smallest absolute Gasteiger partial charge is 0.243 e. The normalized spacial score (nSPS) is 20.9. The van der Waals surface area contributed by atoms with Crippen LogP contribution in [0.15, 0.2) is 54.0 Å². The Labute approximate surface area is 155 Å². The van der Waals surface area contributed by atoms with Gasteiger partial charge in [0.2, 0.25) is 10.0 Å². The largest absolute Gasteiger partial charge is 0.392 e. The van der Waals surface area contributed by atoms with Gasteiger partial charge in [-0.2, -0.15) is 4.31 Å². The van der Waals surface area contributed by atoms with Crippen molar-refractivity contribution >= 4 is 10.0 Å². The molecule has 0 bridgehead atoms. The van der Waals surface area contributed by atoms with Gasteiger partial charge in [-0.05, 0) is 38.5 Å². The first-order valence-electron chi connectivity index (χ1n) is 8.42. The van der Waals surface area contributed by atoms with Crippen molar-refractivity contribution in [3.05, 3.63) is 54.6 Å². The van der Waals surface area contributed by atoms with Crippen molar-refractivity contribution in [2.24, 2.45) is 0 Å². The summed E-state index contributed by atoms with van der Waals surface area (Å²) < 4.78 is 39.3. The second-order valence-corrected chi connectivity index (χ2v) is 8.70. The predicted octanol–water partition coefficient (Wildman–Crippen LogP) is 2.24. The summed E-state index contributed by atoms with van der Waals surface area (Å²) in [6, 6.07) is 5.84. The van der Waals surface area contributed by atoms with Gasteiger partial charge < -0.3 is 14.6 Å². The standard InChI is InChI=1S/C19H27NO5S/c1-6-11-20(26(22,23)16-9-7-14(2)8-10-16)18(15(3)12-21)17-13-24-19(4,5)25-17/h6-10,17-18,21H,1,3,11-13H2,2,4-5H3/t17-,18+/m1/s1. The maximum atomic E-state index is 13.3. The molecule has 1 aromatic rings. The summed E-state index contributed by atoms with van der Waals surface area (Å²) in [7, 11) is -3.85. The van der Waals surface area contributed by atoms with Gasteiger partial charge in [0.15, 0.2) is 5.79 Å². The van der Waals surface area contributed by atoms with E-state index in [0.717, 1.165) is 5.56 Å². The SMILES string of the molecule is C=CCN([C@@H](C(=C)CO)[C@H]1COC(C)(C)O1)S(=O)(=O)c1ccc(C)cc1. The van der Waals surface area contributed by atoms with Crippen LogP contribution in [0.1, 0.15) is 19.4 Å². The maximum absolute atomic E-state index is 13.3. The molecule has 7 heteroatoms. The Morgan fingerprint density at radius 2 is 2.04 bits per heavy atom. The molecular formula is C19H27NO5S. The number of hydrogen-bond acceptors (Lipinski definition) is 5. The first-order chi connectivity index (χ1) is 12.1. The van der Waals surface area contributed by atoms with E-state index in [4.69, 9.17) is 9.47 Å². The van der Waals surface area contributed by atoms with E-state index in [1.165, 1.54) is 10.4 Å². The number of aliphatic hydroxyl groups is 1. The van der Waals surface area contributed by atoms with Crippen LogP contribution in [0.2, 0.25) is 0 Å². The molecule has 0 aromatic heterocycles. The Balaban J connectivity index is 2.47. The molecule has 1 N–H and O–H groups in total. The Morgan fingerprint density at radius 3 is 2.50 bits per heavy atom. The number of rotatable bonds is 8. The summed E-state index contributed by atoms with van der Waals surface area (Å²) in [4.78, 5) is 0.166. The second-order valence-electron chi connectivity index (χ2n) is 6.80. The Hall–Kier alpha value is -1.51. The molecule has 1 fully saturated rings. The zero-order valence-electron chi connectivity index (χ0n) is 15.5. The van der Waals surface area contributed by atoms with Crippen LogP contribution in [-0.2, 0) is 19.5 Å². The summed E-state index contributed by atoms with van der Waals surface area (Å²) in [6.07, 6.45) is 0.925. The van der Waals surface area contributed by atoms with Crippen LogP contribution in [0.25, 0.3) is 0 Å². The summed E-state index contributed by atoms with van der Waals surface area (Å²) in [5.74, 6) is -0.827. The molecule has 0 radical (unpaired) electrons. The summed E-state index contributed by atoms with van der Waals surface area (Å²) in [6.45, 7) is 12.9. The van der Waals surface area contributed by atoms with Gasteiger partial charge in [-0.1, -0.05) is 30.4 Å². The van der Waals surface area contributed by atoms with Crippen LogP contribution in [0.5, 0.6) is 0 Å². The third-order valence-electron chi connectivity index (χ3n) is 4.25. The molecule has 0 aliphatic carbocycles. The van der Waals surface area contributed by atoms with Gasteiger partial charge in [0, 0.05) is 6.54 Å². The van der Waals surface area contributed by atoms with Crippen molar-refractivity contribution in [1.82, 2.24) is 4.31 Å². The lowest BCUT2D eigenvalue weighted by Crippen LogP contribution is -2.50. The topological polar surface area (TPSA) is 76.1 Å². The van der Waals surface area contributed by atoms with Gasteiger partial charge >= 0.3 is 0 Å². The fraction of sp³-hybridized carbons (Fsp3) is 0.474. The molecule has 1 heterocycles. The Bertz CT molecular complexity index is 755. The lowest BCUT2D eigenvalue weighted by molar-refractivity contribution is -0.142. The van der Waals surface area contributed by atoms with E-state index in [9.17, 15) is 13.5 Å². The second kappa shape index (κ2) is 8.02. The number of nitrogens with zero attached hydrogens (tertiary/aromatic N) is 1. The molecule has 1 aliphatic heterocycles. The molecule has 1 aliphatic rings. The summed E-state index contributed by atoms with van der Waals surface area (Å²) >= 11 is 0. The first-order valence-corrected chi connectivity index (χ1v) is 9.86. The monoisotopic (exact) mass is 381 g/mol. The van der Waals surface area contributed by atoms with Crippen LogP contribution >= 0.6 is 0 Å². The first kappa shape index (κ1) is 20.8. The van der Waals surface area contributed by atoms with Crippen molar-refractivity contribution in [2.45, 2.75) is 43.6 Å². The number of benzene rings is 1. The van der Waals surface area contributed by atoms with E-state index in [-0.39, 0.29) is 24.7 Å². The molecule has 2 atom stereocenters. The number of hydrogen-bond donors (Lipinski definition) is 1. The third-order valence-corrected chi connectivity index (χ3v) is 6.11. The lowest BCUT2D eigenvalue weighted by atomic mass is 10.0. The molecule has 0 spiro atoms. The Morgan fingerprint density at radius 1 is 1.42 bits per heavy atom. The molecule has 0 unspecified atom stereocenters. The molecule has 1 aromatic carbocycles. The lowest BCUT2D eigenvalue weighted by Gasteiger charge is -2.34. The number of aryl methyl sites for hydroxylation is 1. The highest BCUT2D eigenvalue weighted by molar-refractivity contribution is 7.89. The predicted molar refractivity (Wildman–Crippen MR) is 100 cm³/mol. The molecule has 26 heavy (non-hydrogen) atoms. The average Bonchev–Trinajstić information content (AvgIpc) is 2.94. The van der Waals surface area contributed by atoms with E-state index in [1.807, 2.05) is 6.92 Å². The van der Waals surface area contributed by atoms with Crippen molar-refractivity contribution in [2.75, 3.05) is 19.8 Å². The van der Waals surface area contributed by atoms with Crippen LogP contribution in [0.3, 0.4) is 0 Å². The van der Waals surface area contributed by atoms with Gasteiger partial charge in [0.05, 0.1) is 24.2 Å². The summed E-state index contributed by atoms with van der Waals surface area (Å²) in [5, 5.41) is 9.64. The Kier molecular flexibility index (Phi) is 6.42. The highest BCUT2D eigenvalue weighted by atomic mass is 32.2. The minimum Gasteiger partial charge on any atom is -0.392 e. The molecule has 144 valence electrons. The average molecular weight is 381 g/mol. The summed E-state index contributed by atoms with van der Waals surface area (Å²) in [5.41, 5.74) is 1.30. The van der Waals surface area contributed by atoms with E-state index in [0.29, 0.717) is 5.57 Å². The highest BCUT2D eigenvalue weighted by Crippen LogP contribution is 2.31. The number of sulfonamides is 1. The molecule has 0 saturated carbocycles. The van der Waals surface area contributed by atoms with Crippen molar-refractivity contribution in [3.8, 4) is 0 Å². The van der Waals surface area contributed by atoms with E-state index in [2.05, 4.69) is 13.2 Å². The molecule has 6 nitrogen and oxygen atoms in total. The van der Waals surface area contributed by atoms with E-state index in [1.54, 1.807) is 38.1 Å². The van der Waals surface area contributed by atoms with Gasteiger partial charge in [-0.25, -0.2) is 8.42 Å². The van der Waals surface area contributed by atoms with Gasteiger partial charge in [0.25, 0.3) is 0 Å². The van der Waals surface area contributed by atoms with E-state index >= 15 is 0 Å². The van der Waals surface area contributed by atoms with Crippen LogP contribution in [0.4, 0.5) is 0 Å². The minimum absolute atomic E-state index is 0.0557. The van der Waals surface area contributed by atoms with Crippen molar-refractivity contribution in [1.29, 1.82) is 0 Å².